The van der Waals surface area contributed by atoms with Gasteiger partial charge < -0.3 is 0 Å². The second-order valence-electron chi connectivity index (χ2n) is 4.29. The molecule has 0 radical (unpaired) electrons. The van der Waals surface area contributed by atoms with Gasteiger partial charge in [-0.1, -0.05) is 29.8 Å². The Morgan fingerprint density at radius 3 is 2.68 bits per heavy atom. The summed E-state index contributed by atoms with van der Waals surface area (Å²) in [6.45, 7) is 0. The lowest BCUT2D eigenvalue weighted by molar-refractivity contribution is 0.0879. The molecule has 0 aliphatic carbocycles. The summed E-state index contributed by atoms with van der Waals surface area (Å²) < 4.78 is 0. The van der Waals surface area contributed by atoms with Crippen molar-refractivity contribution in [1.29, 1.82) is 0 Å². The number of carbonyl (C=O) groups is 2. The number of nitrogens with one attached hydrogen (secondary N) is 1. The predicted octanol–water partition coefficient (Wildman–Crippen LogP) is 2.21. The summed E-state index contributed by atoms with van der Waals surface area (Å²) in [5.74, 6) is -0.673. The molecule has 0 saturated heterocycles. The molecule has 0 atom stereocenters. The van der Waals surface area contributed by atoms with Crippen LogP contribution in [0.2, 0.25) is 5.15 Å². The summed E-state index contributed by atoms with van der Waals surface area (Å²) in [4.78, 5) is 27.3. The van der Waals surface area contributed by atoms with Crippen LogP contribution in [-0.2, 0) is 6.42 Å². The highest BCUT2D eigenvalue weighted by Gasteiger charge is 2.28. The molecule has 0 fully saturated rings. The van der Waals surface area contributed by atoms with Crippen molar-refractivity contribution in [1.82, 2.24) is 10.3 Å². The van der Waals surface area contributed by atoms with Gasteiger partial charge in [-0.3, -0.25) is 14.9 Å². The largest absolute Gasteiger partial charge is 0.288 e. The maximum Gasteiger partial charge on any atom is 0.259 e. The molecular weight excluding hydrogens is 264 g/mol. The third-order valence-corrected chi connectivity index (χ3v) is 3.26. The van der Waals surface area contributed by atoms with Gasteiger partial charge in [0.2, 0.25) is 0 Å². The molecule has 0 spiro atoms. The van der Waals surface area contributed by atoms with Gasteiger partial charge >= 0.3 is 0 Å². The molecule has 4 nitrogen and oxygen atoms in total. The van der Waals surface area contributed by atoms with Gasteiger partial charge in [-0.25, -0.2) is 4.98 Å². The van der Waals surface area contributed by atoms with Gasteiger partial charge in [-0.05, 0) is 29.7 Å². The number of halogens is 1. The van der Waals surface area contributed by atoms with Crippen LogP contribution in [0.3, 0.4) is 0 Å². The van der Waals surface area contributed by atoms with Crippen LogP contribution in [0.5, 0.6) is 0 Å². The Bertz CT molecular complexity index is 680. The molecule has 1 aliphatic heterocycles. The number of hydrogen-bond acceptors (Lipinski definition) is 3. The molecule has 19 heavy (non-hydrogen) atoms. The summed E-state index contributed by atoms with van der Waals surface area (Å²) in [6, 6.07) is 8.81. The standard InChI is InChI=1S/C14H9ClN2O2/c15-11-5-4-8(7-16-11)6-9-2-1-3-10-12(9)14(19)17-13(10)18/h1-5,7H,6H2,(H,17,18,19). The van der Waals surface area contributed by atoms with E-state index < -0.39 is 0 Å². The van der Waals surface area contributed by atoms with E-state index >= 15 is 0 Å². The number of nitrogens with zero attached hydrogens (tertiary/aromatic N) is 1. The summed E-state index contributed by atoms with van der Waals surface area (Å²) in [7, 11) is 0. The van der Waals surface area contributed by atoms with E-state index in [1.807, 2.05) is 12.1 Å². The fourth-order valence-electron chi connectivity index (χ4n) is 2.17. The maximum atomic E-state index is 11.8. The van der Waals surface area contributed by atoms with E-state index in [9.17, 15) is 9.59 Å². The van der Waals surface area contributed by atoms with E-state index in [2.05, 4.69) is 10.3 Å². The monoisotopic (exact) mass is 272 g/mol. The molecule has 1 aromatic heterocycles. The van der Waals surface area contributed by atoms with Crippen molar-refractivity contribution in [2.45, 2.75) is 6.42 Å². The predicted molar refractivity (Wildman–Crippen MR) is 70.3 cm³/mol. The summed E-state index contributed by atoms with van der Waals surface area (Å²) in [5.41, 5.74) is 2.64. The topological polar surface area (TPSA) is 59.1 Å². The normalized spacial score (nSPS) is 13.3. The van der Waals surface area contributed by atoms with Crippen molar-refractivity contribution in [3.63, 3.8) is 0 Å². The van der Waals surface area contributed by atoms with Crippen molar-refractivity contribution in [3.05, 3.63) is 63.9 Å². The van der Waals surface area contributed by atoms with E-state index in [0.29, 0.717) is 22.7 Å². The van der Waals surface area contributed by atoms with Crippen LogP contribution in [0.4, 0.5) is 0 Å². The Balaban J connectivity index is 2.01. The highest BCUT2D eigenvalue weighted by atomic mass is 35.5. The summed E-state index contributed by atoms with van der Waals surface area (Å²) in [6.07, 6.45) is 2.20. The Hall–Kier alpha value is -2.20. The minimum absolute atomic E-state index is 0.336. The first kappa shape index (κ1) is 11.9. The van der Waals surface area contributed by atoms with Crippen LogP contribution in [-0.4, -0.2) is 16.8 Å². The van der Waals surface area contributed by atoms with E-state index in [-0.39, 0.29) is 11.8 Å². The number of carbonyl (C=O) groups excluding carboxylic acids is 2. The first-order valence-corrected chi connectivity index (χ1v) is 6.11. The van der Waals surface area contributed by atoms with Crippen LogP contribution < -0.4 is 5.32 Å². The molecule has 1 N–H and O–H groups in total. The fraction of sp³-hybridized carbons (Fsp3) is 0.0714. The molecule has 0 saturated carbocycles. The minimum atomic E-state index is -0.337. The van der Waals surface area contributed by atoms with Crippen molar-refractivity contribution in [3.8, 4) is 0 Å². The number of hydrogen-bond donors (Lipinski definition) is 1. The maximum absolute atomic E-state index is 11.8. The first-order chi connectivity index (χ1) is 9.15. The number of amides is 2. The number of benzene rings is 1. The molecule has 0 bridgehead atoms. The smallest absolute Gasteiger partial charge is 0.259 e. The quantitative estimate of drug-likeness (QED) is 0.673. The van der Waals surface area contributed by atoms with Crippen LogP contribution in [0.25, 0.3) is 0 Å². The van der Waals surface area contributed by atoms with Crippen LogP contribution >= 0.6 is 11.6 Å². The summed E-state index contributed by atoms with van der Waals surface area (Å²) >= 11 is 5.73. The zero-order chi connectivity index (χ0) is 13.4. The van der Waals surface area contributed by atoms with E-state index in [1.165, 1.54) is 0 Å². The lowest BCUT2D eigenvalue weighted by atomic mass is 9.97. The van der Waals surface area contributed by atoms with Crippen molar-refractivity contribution in [2.75, 3.05) is 0 Å². The van der Waals surface area contributed by atoms with Crippen LogP contribution in [0, 0.1) is 0 Å². The van der Waals surface area contributed by atoms with Crippen LogP contribution in [0.1, 0.15) is 31.8 Å². The van der Waals surface area contributed by atoms with Gasteiger partial charge in [0, 0.05) is 6.20 Å². The highest BCUT2D eigenvalue weighted by Crippen LogP contribution is 2.22. The second kappa shape index (κ2) is 4.48. The molecule has 0 unspecified atom stereocenters. The molecular formula is C14H9ClN2O2. The van der Waals surface area contributed by atoms with Gasteiger partial charge in [-0.2, -0.15) is 0 Å². The zero-order valence-corrected chi connectivity index (χ0v) is 10.6. The Morgan fingerprint density at radius 2 is 1.95 bits per heavy atom. The third-order valence-electron chi connectivity index (χ3n) is 3.03. The Morgan fingerprint density at radius 1 is 1.11 bits per heavy atom. The molecule has 1 aliphatic rings. The third kappa shape index (κ3) is 2.11. The molecule has 5 heteroatoms. The molecule has 3 rings (SSSR count). The van der Waals surface area contributed by atoms with Gasteiger partial charge in [-0.15, -0.1) is 0 Å². The number of fused-ring (bicyclic) bond motifs is 1. The average Bonchev–Trinajstić information content (AvgIpc) is 2.69. The highest BCUT2D eigenvalue weighted by molar-refractivity contribution is 6.29. The number of aromatic nitrogens is 1. The van der Waals surface area contributed by atoms with Gasteiger partial charge in [0.15, 0.2) is 0 Å². The van der Waals surface area contributed by atoms with Crippen molar-refractivity contribution >= 4 is 23.4 Å². The minimum Gasteiger partial charge on any atom is -0.288 e. The number of imide groups is 1. The fourth-order valence-corrected chi connectivity index (χ4v) is 2.28. The molecule has 2 heterocycles. The molecule has 1 aromatic carbocycles. The molecule has 2 amide bonds. The van der Waals surface area contributed by atoms with Gasteiger partial charge in [0.25, 0.3) is 11.8 Å². The molecule has 94 valence electrons. The van der Waals surface area contributed by atoms with E-state index in [1.54, 1.807) is 24.4 Å². The first-order valence-electron chi connectivity index (χ1n) is 5.73. The number of pyridine rings is 1. The van der Waals surface area contributed by atoms with E-state index in [0.717, 1.165) is 11.1 Å². The lowest BCUT2D eigenvalue weighted by Gasteiger charge is -2.05. The van der Waals surface area contributed by atoms with E-state index in [4.69, 9.17) is 11.6 Å². The zero-order valence-electron chi connectivity index (χ0n) is 9.81. The van der Waals surface area contributed by atoms with Crippen LogP contribution in [0.15, 0.2) is 36.5 Å². The Kier molecular flexibility index (Phi) is 2.80. The van der Waals surface area contributed by atoms with Crippen molar-refractivity contribution < 1.29 is 9.59 Å². The SMILES string of the molecule is O=C1NC(=O)c2c(Cc3ccc(Cl)nc3)cccc21. The second-order valence-corrected chi connectivity index (χ2v) is 4.68. The lowest BCUT2D eigenvalue weighted by Crippen LogP contribution is -2.20. The average molecular weight is 273 g/mol. The summed E-state index contributed by atoms with van der Waals surface area (Å²) in [5, 5.41) is 2.73. The molecule has 2 aromatic rings. The van der Waals surface area contributed by atoms with Gasteiger partial charge in [0.1, 0.15) is 5.15 Å². The number of rotatable bonds is 2. The Labute approximate surface area is 114 Å². The van der Waals surface area contributed by atoms with Gasteiger partial charge in [0.05, 0.1) is 11.1 Å². The van der Waals surface area contributed by atoms with Crippen molar-refractivity contribution in [2.24, 2.45) is 0 Å².